The topological polar surface area (TPSA) is 97.2 Å². The zero-order chi connectivity index (χ0) is 23.8. The Morgan fingerprint density at radius 1 is 1.21 bits per heavy atom. The van der Waals surface area contributed by atoms with Crippen LogP contribution in [0.4, 0.5) is 5.69 Å². The molecule has 1 amide bonds. The summed E-state index contributed by atoms with van der Waals surface area (Å²) in [4.78, 5) is 21.2. The molecule has 1 N–H and O–H groups in total. The van der Waals surface area contributed by atoms with Gasteiger partial charge in [0.1, 0.15) is 16.2 Å². The van der Waals surface area contributed by atoms with Crippen molar-refractivity contribution in [1.29, 1.82) is 0 Å². The van der Waals surface area contributed by atoms with Crippen molar-refractivity contribution >= 4 is 32.8 Å². The summed E-state index contributed by atoms with van der Waals surface area (Å²) >= 11 is 0. The monoisotopic (exact) mass is 469 g/mol. The summed E-state index contributed by atoms with van der Waals surface area (Å²) in [5, 5.41) is 2.66. The van der Waals surface area contributed by atoms with Crippen molar-refractivity contribution in [3.8, 4) is 0 Å². The maximum absolute atomic E-state index is 13.5. The number of amides is 1. The Labute approximate surface area is 195 Å². The lowest BCUT2D eigenvalue weighted by atomic mass is 10.1. The van der Waals surface area contributed by atoms with Crippen LogP contribution in [-0.2, 0) is 21.2 Å². The first-order valence-electron chi connectivity index (χ1n) is 11.4. The summed E-state index contributed by atoms with van der Waals surface area (Å²) in [6.45, 7) is 8.35. The molecule has 33 heavy (non-hydrogen) atoms. The number of hydrogen-bond acceptors (Lipinski definition) is 5. The van der Waals surface area contributed by atoms with Gasteiger partial charge in [-0.1, -0.05) is 19.9 Å². The molecule has 3 heterocycles. The Morgan fingerprint density at radius 2 is 1.94 bits per heavy atom. The van der Waals surface area contributed by atoms with Crippen molar-refractivity contribution in [2.24, 2.45) is 5.92 Å². The van der Waals surface area contributed by atoms with Gasteiger partial charge < -0.3 is 9.88 Å². The number of nitrogens with one attached hydrogen (secondary N) is 1. The van der Waals surface area contributed by atoms with Crippen LogP contribution in [0.3, 0.4) is 0 Å². The highest BCUT2D eigenvalue weighted by Crippen LogP contribution is 2.33. The van der Waals surface area contributed by atoms with E-state index in [4.69, 9.17) is 4.98 Å². The Hall–Kier alpha value is -2.78. The summed E-state index contributed by atoms with van der Waals surface area (Å²) in [5.41, 5.74) is 2.88. The summed E-state index contributed by atoms with van der Waals surface area (Å²) in [6.07, 6.45) is 3.97. The van der Waals surface area contributed by atoms with E-state index in [0.29, 0.717) is 37.5 Å². The number of rotatable bonds is 6. The molecule has 1 fully saturated rings. The van der Waals surface area contributed by atoms with E-state index in [2.05, 4.69) is 28.7 Å². The number of hydrogen-bond donors (Lipinski definition) is 1. The molecular weight excluding hydrogens is 438 g/mol. The largest absolute Gasteiger partial charge is 0.325 e. The number of carbonyl (C=O) groups excluding carboxylic acids is 1. The van der Waals surface area contributed by atoms with Gasteiger partial charge in [0.25, 0.3) is 0 Å². The molecule has 1 saturated heterocycles. The second-order valence-electron chi connectivity index (χ2n) is 9.16. The molecule has 1 aromatic carbocycles. The van der Waals surface area contributed by atoms with Crippen molar-refractivity contribution in [3.63, 3.8) is 0 Å². The van der Waals surface area contributed by atoms with Gasteiger partial charge in [0, 0.05) is 38.7 Å². The van der Waals surface area contributed by atoms with Gasteiger partial charge in [-0.15, -0.1) is 0 Å². The number of aryl methyl sites for hydroxylation is 1. The number of carbonyl (C=O) groups is 1. The first-order valence-corrected chi connectivity index (χ1v) is 12.8. The second-order valence-corrected chi connectivity index (χ2v) is 11.1. The number of pyridine rings is 1. The maximum Gasteiger partial charge on any atom is 0.245 e. The number of benzene rings is 1. The summed E-state index contributed by atoms with van der Waals surface area (Å²) in [7, 11) is -3.75. The fourth-order valence-corrected chi connectivity index (χ4v) is 6.19. The van der Waals surface area contributed by atoms with Gasteiger partial charge in [0.05, 0.1) is 5.69 Å². The number of nitrogens with zero attached hydrogens (tertiary/aromatic N) is 4. The lowest BCUT2D eigenvalue weighted by molar-refractivity contribution is -0.114. The van der Waals surface area contributed by atoms with Gasteiger partial charge in [-0.2, -0.15) is 4.31 Å². The summed E-state index contributed by atoms with van der Waals surface area (Å²) in [6, 6.07) is 9.08. The fraction of sp³-hybridized carbons (Fsp3) is 0.458. The average Bonchev–Trinajstić information content (AvgIpc) is 3.11. The molecule has 0 spiro atoms. The Bertz CT molecular complexity index is 1270. The third kappa shape index (κ3) is 4.79. The van der Waals surface area contributed by atoms with Gasteiger partial charge in [0.2, 0.25) is 15.9 Å². The van der Waals surface area contributed by atoms with E-state index in [1.807, 2.05) is 19.1 Å². The number of aromatic nitrogens is 3. The van der Waals surface area contributed by atoms with E-state index >= 15 is 0 Å². The SMILES string of the molecule is CC(=O)Nc1ccc(C)cc1S(=O)(=O)N1CCC(n2c(CC(C)C)nc3cccnc32)CC1. The van der Waals surface area contributed by atoms with Crippen molar-refractivity contribution in [2.75, 3.05) is 18.4 Å². The fourth-order valence-electron chi connectivity index (χ4n) is 4.49. The van der Waals surface area contributed by atoms with E-state index in [1.165, 1.54) is 11.2 Å². The van der Waals surface area contributed by atoms with Crippen LogP contribution in [0.15, 0.2) is 41.4 Å². The van der Waals surface area contributed by atoms with Crippen LogP contribution >= 0.6 is 0 Å². The Balaban J connectivity index is 1.60. The lowest BCUT2D eigenvalue weighted by Crippen LogP contribution is -2.39. The zero-order valence-electron chi connectivity index (χ0n) is 19.6. The minimum absolute atomic E-state index is 0.137. The minimum Gasteiger partial charge on any atom is -0.325 e. The van der Waals surface area contributed by atoms with Gasteiger partial charge in [0.15, 0.2) is 5.65 Å². The molecular formula is C24H31N5O3S. The predicted molar refractivity (Wildman–Crippen MR) is 129 cm³/mol. The molecule has 3 aromatic rings. The van der Waals surface area contributed by atoms with Gasteiger partial charge >= 0.3 is 0 Å². The van der Waals surface area contributed by atoms with E-state index in [9.17, 15) is 13.2 Å². The molecule has 9 heteroatoms. The molecule has 0 saturated carbocycles. The molecule has 0 radical (unpaired) electrons. The third-order valence-electron chi connectivity index (χ3n) is 5.97. The van der Waals surface area contributed by atoms with Gasteiger partial charge in [-0.05, 0) is 55.5 Å². The third-order valence-corrected chi connectivity index (χ3v) is 7.91. The molecule has 0 unspecified atom stereocenters. The predicted octanol–water partition coefficient (Wildman–Crippen LogP) is 3.92. The molecule has 1 aliphatic rings. The number of piperidine rings is 1. The highest BCUT2D eigenvalue weighted by molar-refractivity contribution is 7.89. The first-order chi connectivity index (χ1) is 15.7. The number of anilines is 1. The number of fused-ring (bicyclic) bond motifs is 1. The average molecular weight is 470 g/mol. The van der Waals surface area contributed by atoms with Crippen LogP contribution in [-0.4, -0.2) is 46.3 Å². The first kappa shape index (κ1) is 23.4. The standard InChI is InChI=1S/C24H31N5O3S/c1-16(2)14-23-27-21-6-5-11-25-24(21)29(23)19-9-12-28(13-10-19)33(31,32)22-15-17(3)7-8-20(22)26-18(4)30/h5-8,11,15-16,19H,9-10,12-14H2,1-4H3,(H,26,30). The van der Waals surface area contributed by atoms with Crippen molar-refractivity contribution in [2.45, 2.75) is 57.9 Å². The smallest absolute Gasteiger partial charge is 0.245 e. The Kier molecular flexibility index (Phi) is 6.54. The molecule has 4 rings (SSSR count). The molecule has 1 aliphatic heterocycles. The van der Waals surface area contributed by atoms with E-state index in [0.717, 1.165) is 29.0 Å². The van der Waals surface area contributed by atoms with Crippen molar-refractivity contribution < 1.29 is 13.2 Å². The van der Waals surface area contributed by atoms with Crippen LogP contribution in [0, 0.1) is 12.8 Å². The van der Waals surface area contributed by atoms with Crippen LogP contribution in [0.2, 0.25) is 0 Å². The summed E-state index contributed by atoms with van der Waals surface area (Å²) < 4.78 is 30.7. The molecule has 0 bridgehead atoms. The van der Waals surface area contributed by atoms with Crippen molar-refractivity contribution in [1.82, 2.24) is 18.8 Å². The highest BCUT2D eigenvalue weighted by Gasteiger charge is 2.33. The van der Waals surface area contributed by atoms with Gasteiger partial charge in [-0.25, -0.2) is 18.4 Å². The van der Waals surface area contributed by atoms with Crippen molar-refractivity contribution in [3.05, 3.63) is 47.9 Å². The highest BCUT2D eigenvalue weighted by atomic mass is 32.2. The molecule has 8 nitrogen and oxygen atoms in total. The maximum atomic E-state index is 13.5. The lowest BCUT2D eigenvalue weighted by Gasteiger charge is -2.33. The zero-order valence-corrected chi connectivity index (χ0v) is 20.4. The normalized spacial score (nSPS) is 15.9. The van der Waals surface area contributed by atoms with E-state index in [1.54, 1.807) is 24.4 Å². The van der Waals surface area contributed by atoms with Crippen LogP contribution in [0.1, 0.15) is 51.0 Å². The number of sulfonamides is 1. The van der Waals surface area contributed by atoms with E-state index < -0.39 is 10.0 Å². The van der Waals surface area contributed by atoms with Gasteiger partial charge in [-0.3, -0.25) is 4.79 Å². The molecule has 2 aromatic heterocycles. The minimum atomic E-state index is -3.75. The quantitative estimate of drug-likeness (QED) is 0.590. The second kappa shape index (κ2) is 9.23. The number of imidazole rings is 1. The Morgan fingerprint density at radius 3 is 2.61 bits per heavy atom. The van der Waals surface area contributed by atoms with E-state index in [-0.39, 0.29) is 16.8 Å². The molecule has 0 aliphatic carbocycles. The summed E-state index contributed by atoms with van der Waals surface area (Å²) in [5.74, 6) is 1.16. The van der Waals surface area contributed by atoms with Crippen LogP contribution < -0.4 is 5.32 Å². The molecule has 176 valence electrons. The van der Waals surface area contributed by atoms with Crippen LogP contribution in [0.5, 0.6) is 0 Å². The molecule has 0 atom stereocenters. The van der Waals surface area contributed by atoms with Crippen LogP contribution in [0.25, 0.3) is 11.2 Å².